The molecule has 0 spiro atoms. The standard InChI is InChI=1S/C33H29BrN2O6/c1-20(41-18-21-9-3-2-4-10-21)30(32(38)39)36-31(37)27-17-22(15-16-29(27)34)35-33(40)42-19-28-25-13-7-5-11-23(25)24-12-6-8-14-26(24)28/h2-17,20,28,30H,18-19H2,1H3,(H,35,40)(H,36,37)(H,38,39). The number of carbonyl (C=O) groups is 3. The summed E-state index contributed by atoms with van der Waals surface area (Å²) in [6.07, 6.45) is -1.48. The Morgan fingerprint density at radius 2 is 1.50 bits per heavy atom. The average Bonchev–Trinajstić information content (AvgIpc) is 3.32. The maximum absolute atomic E-state index is 13.1. The Labute approximate surface area is 251 Å². The molecule has 1 aliphatic carbocycles. The number of rotatable bonds is 10. The first-order chi connectivity index (χ1) is 20.3. The molecule has 0 fully saturated rings. The van der Waals surface area contributed by atoms with Crippen LogP contribution in [-0.2, 0) is 20.9 Å². The minimum absolute atomic E-state index is 0.0894. The Morgan fingerprint density at radius 1 is 0.881 bits per heavy atom. The third-order valence-electron chi connectivity index (χ3n) is 7.18. The molecule has 2 atom stereocenters. The Morgan fingerprint density at radius 3 is 2.14 bits per heavy atom. The fraction of sp³-hybridized carbons (Fsp3) is 0.182. The maximum atomic E-state index is 13.1. The van der Waals surface area contributed by atoms with Gasteiger partial charge in [0, 0.05) is 16.1 Å². The van der Waals surface area contributed by atoms with Gasteiger partial charge in [-0.15, -0.1) is 0 Å². The van der Waals surface area contributed by atoms with Gasteiger partial charge in [0.25, 0.3) is 5.91 Å². The van der Waals surface area contributed by atoms with Gasteiger partial charge in [0.1, 0.15) is 6.61 Å². The van der Waals surface area contributed by atoms with Gasteiger partial charge in [-0.2, -0.15) is 0 Å². The van der Waals surface area contributed by atoms with E-state index in [2.05, 4.69) is 38.7 Å². The van der Waals surface area contributed by atoms with E-state index in [-0.39, 0.29) is 24.7 Å². The van der Waals surface area contributed by atoms with Crippen molar-refractivity contribution in [3.63, 3.8) is 0 Å². The van der Waals surface area contributed by atoms with E-state index >= 15 is 0 Å². The van der Waals surface area contributed by atoms with Crippen LogP contribution in [0.5, 0.6) is 0 Å². The van der Waals surface area contributed by atoms with Gasteiger partial charge in [-0.3, -0.25) is 10.1 Å². The van der Waals surface area contributed by atoms with Crippen LogP contribution in [-0.4, -0.2) is 41.8 Å². The zero-order chi connectivity index (χ0) is 29.6. The fourth-order valence-electron chi connectivity index (χ4n) is 5.03. The lowest BCUT2D eigenvalue weighted by Crippen LogP contribution is -2.48. The molecule has 42 heavy (non-hydrogen) atoms. The van der Waals surface area contributed by atoms with Gasteiger partial charge in [-0.05, 0) is 68.9 Å². The second-order valence-electron chi connectivity index (χ2n) is 9.94. The van der Waals surface area contributed by atoms with Crippen LogP contribution >= 0.6 is 15.9 Å². The van der Waals surface area contributed by atoms with Crippen molar-refractivity contribution in [2.24, 2.45) is 0 Å². The number of fused-ring (bicyclic) bond motifs is 3. The predicted octanol–water partition coefficient (Wildman–Crippen LogP) is 6.60. The molecule has 0 saturated heterocycles. The number of aliphatic carboxylic acids is 1. The van der Waals surface area contributed by atoms with Crippen LogP contribution in [0.25, 0.3) is 11.1 Å². The minimum Gasteiger partial charge on any atom is -0.480 e. The van der Waals surface area contributed by atoms with Crippen molar-refractivity contribution in [3.05, 3.63) is 124 Å². The van der Waals surface area contributed by atoms with Gasteiger partial charge in [0.15, 0.2) is 6.04 Å². The van der Waals surface area contributed by atoms with Gasteiger partial charge in [0.05, 0.1) is 18.3 Å². The Kier molecular flexibility index (Phi) is 9.00. The van der Waals surface area contributed by atoms with Crippen molar-refractivity contribution in [2.45, 2.75) is 31.6 Å². The summed E-state index contributed by atoms with van der Waals surface area (Å²) in [6.45, 7) is 1.93. The molecule has 0 radical (unpaired) electrons. The number of carboxylic acid groups (broad SMARTS) is 1. The summed E-state index contributed by atoms with van der Waals surface area (Å²) in [6, 6.07) is 28.8. The molecule has 4 aromatic rings. The number of nitrogens with one attached hydrogen (secondary N) is 2. The monoisotopic (exact) mass is 628 g/mol. The molecule has 1 aliphatic rings. The van der Waals surface area contributed by atoms with Crippen LogP contribution < -0.4 is 10.6 Å². The highest BCUT2D eigenvalue weighted by molar-refractivity contribution is 9.10. The van der Waals surface area contributed by atoms with Crippen molar-refractivity contribution in [2.75, 3.05) is 11.9 Å². The van der Waals surface area contributed by atoms with E-state index in [9.17, 15) is 19.5 Å². The van der Waals surface area contributed by atoms with Gasteiger partial charge < -0.3 is 19.9 Å². The van der Waals surface area contributed by atoms with E-state index in [1.807, 2.05) is 66.7 Å². The largest absolute Gasteiger partial charge is 0.480 e. The second-order valence-corrected chi connectivity index (χ2v) is 10.8. The third-order valence-corrected chi connectivity index (χ3v) is 7.87. The molecule has 5 rings (SSSR count). The number of ether oxygens (including phenoxy) is 2. The maximum Gasteiger partial charge on any atom is 0.411 e. The lowest BCUT2D eigenvalue weighted by atomic mass is 9.98. The van der Waals surface area contributed by atoms with Crippen LogP contribution in [0.4, 0.5) is 10.5 Å². The normalized spacial score (nSPS) is 13.4. The van der Waals surface area contributed by atoms with E-state index in [1.165, 1.54) is 6.07 Å². The first-order valence-corrected chi connectivity index (χ1v) is 14.2. The molecular weight excluding hydrogens is 600 g/mol. The van der Waals surface area contributed by atoms with Crippen molar-refractivity contribution in [3.8, 4) is 11.1 Å². The Balaban J connectivity index is 1.21. The van der Waals surface area contributed by atoms with E-state index in [0.29, 0.717) is 10.2 Å². The zero-order valence-electron chi connectivity index (χ0n) is 22.8. The lowest BCUT2D eigenvalue weighted by Gasteiger charge is -2.22. The highest BCUT2D eigenvalue weighted by Crippen LogP contribution is 2.44. The van der Waals surface area contributed by atoms with Crippen molar-refractivity contribution in [1.29, 1.82) is 0 Å². The number of carboxylic acids is 1. The van der Waals surface area contributed by atoms with Crippen LogP contribution in [0, 0.1) is 0 Å². The molecule has 0 aliphatic heterocycles. The number of amides is 2. The number of hydrogen-bond acceptors (Lipinski definition) is 5. The highest BCUT2D eigenvalue weighted by atomic mass is 79.9. The Bertz CT molecular complexity index is 1560. The van der Waals surface area contributed by atoms with Crippen LogP contribution in [0.15, 0.2) is 102 Å². The summed E-state index contributed by atoms with van der Waals surface area (Å²) in [5, 5.41) is 15.0. The van der Waals surface area contributed by atoms with E-state index in [1.54, 1.807) is 19.1 Å². The first-order valence-electron chi connectivity index (χ1n) is 13.4. The van der Waals surface area contributed by atoms with E-state index in [4.69, 9.17) is 9.47 Å². The molecule has 2 amide bonds. The van der Waals surface area contributed by atoms with Gasteiger partial charge in [-0.1, -0.05) is 78.9 Å². The molecule has 4 aromatic carbocycles. The molecule has 0 aromatic heterocycles. The molecule has 214 valence electrons. The summed E-state index contributed by atoms with van der Waals surface area (Å²) < 4.78 is 11.8. The fourth-order valence-corrected chi connectivity index (χ4v) is 5.45. The second kappa shape index (κ2) is 13.0. The number of halogens is 1. The molecule has 8 nitrogen and oxygen atoms in total. The number of hydrogen-bond donors (Lipinski definition) is 3. The quantitative estimate of drug-likeness (QED) is 0.182. The van der Waals surface area contributed by atoms with Crippen LogP contribution in [0.1, 0.15) is 39.9 Å². The zero-order valence-corrected chi connectivity index (χ0v) is 24.3. The molecule has 0 saturated carbocycles. The molecule has 9 heteroatoms. The van der Waals surface area contributed by atoms with E-state index < -0.39 is 30.1 Å². The average molecular weight is 630 g/mol. The van der Waals surface area contributed by atoms with Gasteiger partial charge >= 0.3 is 12.1 Å². The topological polar surface area (TPSA) is 114 Å². The van der Waals surface area contributed by atoms with Crippen LogP contribution in [0.2, 0.25) is 0 Å². The summed E-state index contributed by atoms with van der Waals surface area (Å²) >= 11 is 3.35. The minimum atomic E-state index is -1.30. The summed E-state index contributed by atoms with van der Waals surface area (Å²) in [5.74, 6) is -1.96. The number of carbonyl (C=O) groups excluding carboxylic acids is 2. The van der Waals surface area contributed by atoms with Crippen molar-refractivity contribution >= 4 is 39.6 Å². The SMILES string of the molecule is CC(OCc1ccccc1)C(NC(=O)c1cc(NC(=O)OCC2c3ccccc3-c3ccccc32)ccc1Br)C(=O)O. The third kappa shape index (κ3) is 6.53. The number of anilines is 1. The predicted molar refractivity (Wildman–Crippen MR) is 162 cm³/mol. The number of benzene rings is 4. The lowest BCUT2D eigenvalue weighted by molar-refractivity contribution is -0.143. The van der Waals surface area contributed by atoms with Gasteiger partial charge in [-0.25, -0.2) is 9.59 Å². The summed E-state index contributed by atoms with van der Waals surface area (Å²) in [5.41, 5.74) is 5.81. The molecule has 0 heterocycles. The van der Waals surface area contributed by atoms with Crippen LogP contribution in [0.3, 0.4) is 0 Å². The Hall–Kier alpha value is -4.47. The molecular formula is C33H29BrN2O6. The molecule has 2 unspecified atom stereocenters. The summed E-state index contributed by atoms with van der Waals surface area (Å²) in [4.78, 5) is 37.9. The molecule has 3 N–H and O–H groups in total. The smallest absolute Gasteiger partial charge is 0.411 e. The molecule has 0 bridgehead atoms. The van der Waals surface area contributed by atoms with Gasteiger partial charge in [0.2, 0.25) is 0 Å². The highest BCUT2D eigenvalue weighted by Gasteiger charge is 2.30. The van der Waals surface area contributed by atoms with E-state index in [0.717, 1.165) is 27.8 Å². The summed E-state index contributed by atoms with van der Waals surface area (Å²) in [7, 11) is 0. The van der Waals surface area contributed by atoms with Crippen molar-refractivity contribution < 1.29 is 29.0 Å². The van der Waals surface area contributed by atoms with Crippen molar-refractivity contribution in [1.82, 2.24) is 5.32 Å². The first kappa shape index (κ1) is 29.0.